The highest BCUT2D eigenvalue weighted by Gasteiger charge is 2.36. The second-order valence-corrected chi connectivity index (χ2v) is 8.20. The molecule has 25 heavy (non-hydrogen) atoms. The van der Waals surface area contributed by atoms with Crippen LogP contribution < -0.4 is 4.72 Å². The molecule has 0 aromatic heterocycles. The molecule has 1 atom stereocenters. The van der Waals surface area contributed by atoms with Crippen molar-refractivity contribution in [1.29, 1.82) is 0 Å². The highest BCUT2D eigenvalue weighted by atomic mass is 32.2. The van der Waals surface area contributed by atoms with Gasteiger partial charge in [-0.05, 0) is 43.9 Å². The fourth-order valence-electron chi connectivity index (χ4n) is 2.91. The van der Waals surface area contributed by atoms with Crippen molar-refractivity contribution in [3.8, 4) is 0 Å². The van der Waals surface area contributed by atoms with Crippen LogP contribution in [0, 0.1) is 6.92 Å². The molecule has 0 unspecified atom stereocenters. The van der Waals surface area contributed by atoms with Gasteiger partial charge in [0.15, 0.2) is 0 Å². The smallest absolute Gasteiger partial charge is 0.240 e. The molecule has 5 heteroatoms. The first-order valence-corrected chi connectivity index (χ1v) is 10.1. The molecule has 2 rings (SSSR count). The van der Waals surface area contributed by atoms with Gasteiger partial charge in [0.25, 0.3) is 0 Å². The predicted molar refractivity (Wildman–Crippen MR) is 101 cm³/mol. The Morgan fingerprint density at radius 1 is 1.00 bits per heavy atom. The van der Waals surface area contributed by atoms with Crippen molar-refractivity contribution in [3.63, 3.8) is 0 Å². The van der Waals surface area contributed by atoms with Gasteiger partial charge in [-0.25, -0.2) is 13.1 Å². The van der Waals surface area contributed by atoms with Crippen LogP contribution in [0.5, 0.6) is 0 Å². The van der Waals surface area contributed by atoms with E-state index in [4.69, 9.17) is 0 Å². The summed E-state index contributed by atoms with van der Waals surface area (Å²) in [6.45, 7) is 5.66. The fraction of sp³-hybridized carbons (Fsp3) is 0.400. The van der Waals surface area contributed by atoms with Gasteiger partial charge in [-0.1, -0.05) is 61.9 Å². The lowest BCUT2D eigenvalue weighted by atomic mass is 9.85. The van der Waals surface area contributed by atoms with E-state index in [0.717, 1.165) is 11.1 Å². The maximum Gasteiger partial charge on any atom is 0.240 e. The third-order valence-corrected chi connectivity index (χ3v) is 6.27. The minimum atomic E-state index is -3.71. The van der Waals surface area contributed by atoms with E-state index in [1.807, 2.05) is 51.1 Å². The van der Waals surface area contributed by atoms with Gasteiger partial charge in [0, 0.05) is 0 Å². The van der Waals surface area contributed by atoms with Crippen LogP contribution in [0.25, 0.3) is 0 Å². The number of nitrogens with one attached hydrogen (secondary N) is 1. The number of hydrogen-bond acceptors (Lipinski definition) is 3. The van der Waals surface area contributed by atoms with Crippen LogP contribution >= 0.6 is 0 Å². The van der Waals surface area contributed by atoms with E-state index in [-0.39, 0.29) is 4.90 Å². The van der Waals surface area contributed by atoms with Crippen LogP contribution in [0.4, 0.5) is 0 Å². The molecular weight excluding hydrogens is 334 g/mol. The van der Waals surface area contributed by atoms with Gasteiger partial charge in [0.05, 0.1) is 16.5 Å². The average molecular weight is 362 g/mol. The Kier molecular flexibility index (Phi) is 6.38. The summed E-state index contributed by atoms with van der Waals surface area (Å²) in [5, 5.41) is 11.0. The third kappa shape index (κ3) is 4.91. The van der Waals surface area contributed by atoms with Crippen LogP contribution in [0.2, 0.25) is 0 Å². The first kappa shape index (κ1) is 19.6. The van der Waals surface area contributed by atoms with Gasteiger partial charge in [-0.3, -0.25) is 0 Å². The number of sulfonamides is 1. The first-order chi connectivity index (χ1) is 11.8. The van der Waals surface area contributed by atoms with E-state index in [1.165, 1.54) is 0 Å². The highest BCUT2D eigenvalue weighted by molar-refractivity contribution is 7.89. The van der Waals surface area contributed by atoms with Crippen molar-refractivity contribution < 1.29 is 13.5 Å². The summed E-state index contributed by atoms with van der Waals surface area (Å²) in [5.41, 5.74) is 0.881. The number of aryl methyl sites for hydroxylation is 1. The topological polar surface area (TPSA) is 66.4 Å². The third-order valence-electron chi connectivity index (χ3n) is 4.78. The zero-order valence-corrected chi connectivity index (χ0v) is 15.9. The summed E-state index contributed by atoms with van der Waals surface area (Å²) >= 11 is 0. The maximum atomic E-state index is 12.8. The average Bonchev–Trinajstić information content (AvgIpc) is 2.61. The van der Waals surface area contributed by atoms with Gasteiger partial charge < -0.3 is 5.11 Å². The number of rotatable bonds is 8. The molecule has 0 aliphatic carbocycles. The summed E-state index contributed by atoms with van der Waals surface area (Å²) in [6, 6.07) is 15.8. The highest BCUT2D eigenvalue weighted by Crippen LogP contribution is 2.25. The zero-order valence-electron chi connectivity index (χ0n) is 15.1. The quantitative estimate of drug-likeness (QED) is 0.757. The van der Waals surface area contributed by atoms with E-state index in [0.29, 0.717) is 19.3 Å². The first-order valence-electron chi connectivity index (χ1n) is 8.66. The molecule has 0 radical (unpaired) electrons. The summed E-state index contributed by atoms with van der Waals surface area (Å²) in [7, 11) is -3.71. The Bertz CT molecular complexity index is 766. The van der Waals surface area contributed by atoms with E-state index < -0.39 is 21.7 Å². The molecule has 0 amide bonds. The minimum absolute atomic E-state index is 0.214. The van der Waals surface area contributed by atoms with Gasteiger partial charge in [0.2, 0.25) is 10.0 Å². The number of aliphatic hydroxyl groups is 1. The Morgan fingerprint density at radius 3 is 2.08 bits per heavy atom. The molecule has 136 valence electrons. The van der Waals surface area contributed by atoms with E-state index in [1.54, 1.807) is 24.3 Å². The predicted octanol–water partition coefficient (Wildman–Crippen LogP) is 3.44. The molecule has 0 fully saturated rings. The SMILES string of the molecule is CCC(O)(CC)[C@H](Cc1ccccc1)NS(=O)(=O)c1ccc(C)cc1. The summed E-state index contributed by atoms with van der Waals surface area (Å²) in [6.07, 6.45) is 1.37. The molecule has 2 N–H and O–H groups in total. The largest absolute Gasteiger partial charge is 0.388 e. The van der Waals surface area contributed by atoms with Crippen molar-refractivity contribution in [2.75, 3.05) is 0 Å². The van der Waals surface area contributed by atoms with E-state index in [2.05, 4.69) is 4.72 Å². The molecule has 0 aliphatic rings. The van der Waals surface area contributed by atoms with Crippen molar-refractivity contribution >= 4 is 10.0 Å². The lowest BCUT2D eigenvalue weighted by Crippen LogP contribution is -2.53. The van der Waals surface area contributed by atoms with Crippen molar-refractivity contribution in [3.05, 3.63) is 65.7 Å². The molecule has 2 aromatic rings. The Morgan fingerprint density at radius 2 is 1.56 bits per heavy atom. The van der Waals surface area contributed by atoms with Gasteiger partial charge in [0.1, 0.15) is 0 Å². The molecule has 0 heterocycles. The molecule has 0 bridgehead atoms. The van der Waals surface area contributed by atoms with E-state index >= 15 is 0 Å². The van der Waals surface area contributed by atoms with Gasteiger partial charge in [-0.15, -0.1) is 0 Å². The van der Waals surface area contributed by atoms with Crippen LogP contribution in [0.3, 0.4) is 0 Å². The normalized spacial score (nSPS) is 13.6. The number of hydrogen-bond donors (Lipinski definition) is 2. The summed E-state index contributed by atoms with van der Waals surface area (Å²) in [4.78, 5) is 0.214. The molecule has 0 aliphatic heterocycles. The van der Waals surface area contributed by atoms with E-state index in [9.17, 15) is 13.5 Å². The Hall–Kier alpha value is -1.69. The lowest BCUT2D eigenvalue weighted by Gasteiger charge is -2.35. The standard InChI is InChI=1S/C20H27NO3S/c1-4-20(22,5-2)19(15-17-9-7-6-8-10-17)21-25(23,24)18-13-11-16(3)12-14-18/h6-14,19,21-22H,4-5,15H2,1-3H3/t19-/m0/s1. The van der Waals surface area contributed by atoms with Crippen molar-refractivity contribution in [2.45, 2.75) is 56.6 Å². The lowest BCUT2D eigenvalue weighted by molar-refractivity contribution is 0.00123. The monoisotopic (exact) mass is 361 g/mol. The minimum Gasteiger partial charge on any atom is -0.388 e. The van der Waals surface area contributed by atoms with Crippen LogP contribution in [0.15, 0.2) is 59.5 Å². The van der Waals surface area contributed by atoms with Crippen LogP contribution in [0.1, 0.15) is 37.8 Å². The molecule has 0 saturated heterocycles. The second-order valence-electron chi connectivity index (χ2n) is 6.49. The van der Waals surface area contributed by atoms with Crippen LogP contribution in [-0.2, 0) is 16.4 Å². The fourth-order valence-corrected chi connectivity index (χ4v) is 4.21. The van der Waals surface area contributed by atoms with Gasteiger partial charge >= 0.3 is 0 Å². The van der Waals surface area contributed by atoms with Gasteiger partial charge in [-0.2, -0.15) is 0 Å². The Balaban J connectivity index is 2.33. The van der Waals surface area contributed by atoms with Crippen molar-refractivity contribution in [2.24, 2.45) is 0 Å². The van der Waals surface area contributed by atoms with Crippen LogP contribution in [-0.4, -0.2) is 25.2 Å². The molecule has 0 saturated carbocycles. The molecule has 2 aromatic carbocycles. The van der Waals surface area contributed by atoms with Crippen molar-refractivity contribution in [1.82, 2.24) is 4.72 Å². The second kappa shape index (κ2) is 8.13. The Labute approximate surface area is 151 Å². The molecular formula is C20H27NO3S. The molecule has 4 nitrogen and oxygen atoms in total. The number of benzene rings is 2. The maximum absolute atomic E-state index is 12.8. The summed E-state index contributed by atoms with van der Waals surface area (Å²) < 4.78 is 28.3. The zero-order chi connectivity index (χ0) is 18.5. The summed E-state index contributed by atoms with van der Waals surface area (Å²) in [5.74, 6) is 0. The molecule has 0 spiro atoms.